The van der Waals surface area contributed by atoms with Crippen LogP contribution in [0.2, 0.25) is 0 Å². The molecule has 1 aliphatic heterocycles. The molecule has 15 nitrogen and oxygen atoms in total. The molecule has 0 spiro atoms. The summed E-state index contributed by atoms with van der Waals surface area (Å²) in [7, 11) is 1.74. The standard InChI is InChI=1S/C31H37N5O10S/c1-34(2)9-10-36-29-22-14-26-27(44-18-43-26)15-24(22)33-16-23(29)20-12-19(17-37)25(13-21(20)30(36)39)46-31(40)35(3)8-7-32-28(38)6-5-11-45-47(4,41)42/h12-16,37H,5-11,17-18H2,1-4H3,(H,32,38). The predicted octanol–water partition coefficient (Wildman–Crippen LogP) is 1.79. The van der Waals surface area contributed by atoms with Crippen LogP contribution in [0.5, 0.6) is 17.2 Å². The van der Waals surface area contributed by atoms with Crippen LogP contribution in [0.25, 0.3) is 32.6 Å². The quantitative estimate of drug-likeness (QED) is 0.120. The zero-order valence-corrected chi connectivity index (χ0v) is 27.4. The van der Waals surface area contributed by atoms with Gasteiger partial charge >= 0.3 is 6.09 Å². The molecule has 0 unspecified atom stereocenters. The summed E-state index contributed by atoms with van der Waals surface area (Å²) in [5.74, 6) is 0.830. The highest BCUT2D eigenvalue weighted by atomic mass is 32.2. The molecule has 0 atom stereocenters. The lowest BCUT2D eigenvalue weighted by Crippen LogP contribution is -2.37. The predicted molar refractivity (Wildman–Crippen MR) is 173 cm³/mol. The van der Waals surface area contributed by atoms with Gasteiger partial charge in [-0.2, -0.15) is 8.42 Å². The molecule has 0 fully saturated rings. The molecule has 0 radical (unpaired) electrons. The smallest absolute Gasteiger partial charge is 0.415 e. The van der Waals surface area contributed by atoms with Gasteiger partial charge in [-0.25, -0.2) is 4.79 Å². The number of ether oxygens (including phenoxy) is 3. The number of fused-ring (bicyclic) bond motifs is 6. The molecule has 0 bridgehead atoms. The van der Waals surface area contributed by atoms with Gasteiger partial charge in [0, 0.05) is 68.2 Å². The number of aliphatic hydroxyl groups excluding tert-OH is 1. The number of hydrogen-bond donors (Lipinski definition) is 2. The molecule has 4 aromatic rings. The van der Waals surface area contributed by atoms with Gasteiger partial charge in [0.25, 0.3) is 15.7 Å². The summed E-state index contributed by atoms with van der Waals surface area (Å²) in [6.07, 6.45) is 2.13. The number of nitrogens with one attached hydrogen (secondary N) is 1. The molecule has 1 aliphatic rings. The first kappa shape index (κ1) is 33.8. The molecule has 0 saturated carbocycles. The molecular weight excluding hydrogens is 634 g/mol. The van der Waals surface area contributed by atoms with E-state index in [9.17, 15) is 27.9 Å². The third-order valence-electron chi connectivity index (χ3n) is 7.64. The highest BCUT2D eigenvalue weighted by Crippen LogP contribution is 2.39. The number of carbonyl (C=O) groups excluding carboxylic acids is 2. The van der Waals surface area contributed by atoms with Crippen molar-refractivity contribution in [2.75, 3.05) is 60.4 Å². The molecule has 3 heterocycles. The second kappa shape index (κ2) is 14.1. The molecule has 2 N–H and O–H groups in total. The number of rotatable bonds is 13. The van der Waals surface area contributed by atoms with Crippen molar-refractivity contribution in [3.8, 4) is 17.2 Å². The van der Waals surface area contributed by atoms with E-state index in [0.29, 0.717) is 57.3 Å². The monoisotopic (exact) mass is 671 g/mol. The molecule has 5 rings (SSSR count). The van der Waals surface area contributed by atoms with Crippen LogP contribution in [0.4, 0.5) is 4.79 Å². The zero-order chi connectivity index (χ0) is 33.9. The number of aromatic nitrogens is 2. The van der Waals surface area contributed by atoms with E-state index < -0.39 is 22.8 Å². The van der Waals surface area contributed by atoms with E-state index in [0.717, 1.165) is 6.26 Å². The second-order valence-electron chi connectivity index (χ2n) is 11.4. The first-order valence-corrected chi connectivity index (χ1v) is 16.7. The van der Waals surface area contributed by atoms with Gasteiger partial charge in [0.1, 0.15) is 5.75 Å². The average Bonchev–Trinajstić information content (AvgIpc) is 3.48. The van der Waals surface area contributed by atoms with Gasteiger partial charge in [0.15, 0.2) is 11.5 Å². The molecule has 47 heavy (non-hydrogen) atoms. The minimum Gasteiger partial charge on any atom is -0.454 e. The molecule has 2 aromatic heterocycles. The first-order chi connectivity index (χ1) is 22.4. The number of likely N-dealkylation sites (N-methyl/N-ethyl adjacent to an activating group) is 2. The van der Waals surface area contributed by atoms with Gasteiger partial charge in [0.05, 0.1) is 35.9 Å². The minimum atomic E-state index is -3.57. The van der Waals surface area contributed by atoms with Gasteiger partial charge < -0.3 is 39.0 Å². The van der Waals surface area contributed by atoms with Crippen LogP contribution in [0.3, 0.4) is 0 Å². The highest BCUT2D eigenvalue weighted by molar-refractivity contribution is 7.85. The van der Waals surface area contributed by atoms with Gasteiger partial charge in [0.2, 0.25) is 12.7 Å². The van der Waals surface area contributed by atoms with E-state index in [1.54, 1.807) is 22.9 Å². The van der Waals surface area contributed by atoms with Gasteiger partial charge in [-0.3, -0.25) is 18.8 Å². The van der Waals surface area contributed by atoms with Crippen molar-refractivity contribution in [2.45, 2.75) is 26.0 Å². The zero-order valence-electron chi connectivity index (χ0n) is 26.6. The van der Waals surface area contributed by atoms with Crippen LogP contribution in [0.15, 0.2) is 35.3 Å². The number of amides is 2. The number of hydrogen-bond acceptors (Lipinski definition) is 12. The normalized spacial score (nSPS) is 12.7. The fourth-order valence-electron chi connectivity index (χ4n) is 5.22. The number of carbonyl (C=O) groups is 2. The third kappa shape index (κ3) is 7.73. The van der Waals surface area contributed by atoms with Crippen LogP contribution in [-0.2, 0) is 32.2 Å². The molecule has 2 aromatic carbocycles. The van der Waals surface area contributed by atoms with E-state index in [4.69, 9.17) is 14.2 Å². The first-order valence-electron chi connectivity index (χ1n) is 14.9. The fraction of sp³-hybridized carbons (Fsp3) is 0.419. The molecular formula is C31H37N5O10S. The Morgan fingerprint density at radius 2 is 1.79 bits per heavy atom. The van der Waals surface area contributed by atoms with Crippen molar-refractivity contribution in [2.24, 2.45) is 0 Å². The van der Waals surface area contributed by atoms with E-state index in [1.165, 1.54) is 18.0 Å². The van der Waals surface area contributed by atoms with Crippen molar-refractivity contribution in [3.05, 3.63) is 46.4 Å². The summed E-state index contributed by atoms with van der Waals surface area (Å²) in [6.45, 7) is 0.677. The van der Waals surface area contributed by atoms with Gasteiger partial charge in [-0.15, -0.1) is 0 Å². The minimum absolute atomic E-state index is 0.0273. The van der Waals surface area contributed by atoms with E-state index in [-0.39, 0.29) is 61.9 Å². The lowest BCUT2D eigenvalue weighted by molar-refractivity contribution is -0.121. The van der Waals surface area contributed by atoms with Crippen molar-refractivity contribution in [1.82, 2.24) is 24.7 Å². The van der Waals surface area contributed by atoms with E-state index in [2.05, 4.69) is 14.5 Å². The molecule has 252 valence electrons. The van der Waals surface area contributed by atoms with Crippen molar-refractivity contribution in [1.29, 1.82) is 0 Å². The Morgan fingerprint density at radius 3 is 2.49 bits per heavy atom. The maximum absolute atomic E-state index is 14.1. The van der Waals surface area contributed by atoms with Crippen molar-refractivity contribution in [3.63, 3.8) is 0 Å². The molecule has 16 heteroatoms. The lowest BCUT2D eigenvalue weighted by Gasteiger charge is -2.20. The van der Waals surface area contributed by atoms with Gasteiger partial charge in [-0.1, -0.05) is 0 Å². The Morgan fingerprint density at radius 1 is 1.04 bits per heavy atom. The van der Waals surface area contributed by atoms with E-state index in [1.807, 2.05) is 25.1 Å². The van der Waals surface area contributed by atoms with Crippen LogP contribution in [0, 0.1) is 0 Å². The van der Waals surface area contributed by atoms with Crippen LogP contribution < -0.4 is 25.1 Å². The molecule has 0 aliphatic carbocycles. The fourth-order valence-corrected chi connectivity index (χ4v) is 5.64. The average molecular weight is 672 g/mol. The van der Waals surface area contributed by atoms with Crippen LogP contribution in [-0.4, -0.2) is 105 Å². The summed E-state index contributed by atoms with van der Waals surface area (Å²) in [5, 5.41) is 15.1. The molecule has 2 amide bonds. The third-order valence-corrected chi connectivity index (χ3v) is 8.23. The number of aliphatic hydroxyl groups is 1. The topological polar surface area (TPSA) is 179 Å². The lowest BCUT2D eigenvalue weighted by atomic mass is 10.0. The summed E-state index contributed by atoms with van der Waals surface area (Å²) in [6, 6.07) is 6.69. The largest absolute Gasteiger partial charge is 0.454 e. The Labute approximate surface area is 270 Å². The number of benzene rings is 2. The summed E-state index contributed by atoms with van der Waals surface area (Å²) < 4.78 is 45.1. The summed E-state index contributed by atoms with van der Waals surface area (Å²) in [5.41, 5.74) is 1.28. The number of pyridine rings is 2. The number of nitrogens with zero attached hydrogens (tertiary/aromatic N) is 4. The Bertz CT molecular complexity index is 2010. The van der Waals surface area contributed by atoms with Gasteiger partial charge in [-0.05, 0) is 44.1 Å². The SMILES string of the molecule is CN(C)CCn1c(=O)c2cc(OC(=O)N(C)CCNC(=O)CCCOS(C)(=O)=O)c(CO)cc2c2cnc3cc4c(cc3c21)OCO4. The van der Waals surface area contributed by atoms with E-state index >= 15 is 0 Å². The Hall–Kier alpha value is -4.51. The van der Waals surface area contributed by atoms with Crippen molar-refractivity contribution < 1.29 is 41.5 Å². The van der Waals surface area contributed by atoms with Crippen LogP contribution >= 0.6 is 0 Å². The highest BCUT2D eigenvalue weighted by Gasteiger charge is 2.22. The van der Waals surface area contributed by atoms with Crippen molar-refractivity contribution >= 4 is 54.7 Å². The molecule has 0 saturated heterocycles. The summed E-state index contributed by atoms with van der Waals surface area (Å²) >= 11 is 0. The Balaban J connectivity index is 1.41. The van der Waals surface area contributed by atoms with Crippen LogP contribution in [0.1, 0.15) is 18.4 Å². The Kier molecular flexibility index (Phi) is 10.1. The maximum atomic E-state index is 14.1. The second-order valence-corrected chi connectivity index (χ2v) is 13.1. The maximum Gasteiger partial charge on any atom is 0.415 e. The summed E-state index contributed by atoms with van der Waals surface area (Å²) in [4.78, 5) is 47.0.